The van der Waals surface area contributed by atoms with Gasteiger partial charge >= 0.3 is 0 Å². The third-order valence-electron chi connectivity index (χ3n) is 6.43. The highest BCUT2D eigenvalue weighted by Gasteiger charge is 2.33. The molecule has 0 radical (unpaired) electrons. The minimum atomic E-state index is -0.223. The normalized spacial score (nSPS) is 19.9. The number of benzene rings is 1. The Morgan fingerprint density at radius 3 is 2.38 bits per heavy atom. The van der Waals surface area contributed by atoms with Crippen LogP contribution in [0.15, 0.2) is 18.2 Å². The van der Waals surface area contributed by atoms with Gasteiger partial charge in [-0.3, -0.25) is 9.59 Å². The first kappa shape index (κ1) is 23.1. The summed E-state index contributed by atoms with van der Waals surface area (Å²) in [4.78, 5) is 34.3. The lowest BCUT2D eigenvalue weighted by molar-refractivity contribution is -0.138. The van der Waals surface area contributed by atoms with Crippen LogP contribution in [0.5, 0.6) is 0 Å². The summed E-state index contributed by atoms with van der Waals surface area (Å²) >= 11 is 12.7. The van der Waals surface area contributed by atoms with E-state index in [-0.39, 0.29) is 23.6 Å². The predicted octanol–water partition coefficient (Wildman–Crippen LogP) is 4.25. The number of amides is 2. The van der Waals surface area contributed by atoms with E-state index in [4.69, 9.17) is 23.2 Å². The Morgan fingerprint density at radius 1 is 1.06 bits per heavy atom. The number of likely N-dealkylation sites (tertiary alicyclic amines) is 2. The number of rotatable bonds is 4. The zero-order valence-electron chi connectivity index (χ0n) is 18.6. The lowest BCUT2D eigenvalue weighted by Crippen LogP contribution is -2.47. The molecule has 0 spiro atoms. The van der Waals surface area contributed by atoms with Crippen molar-refractivity contribution in [3.8, 4) is 5.69 Å². The number of carbonyl (C=O) groups excluding carboxylic acids is 2. The minimum Gasteiger partial charge on any atom is -0.342 e. The van der Waals surface area contributed by atoms with Crippen molar-refractivity contribution in [1.29, 1.82) is 0 Å². The van der Waals surface area contributed by atoms with Gasteiger partial charge in [0, 0.05) is 38.5 Å². The fraction of sp³-hybridized carbons (Fsp3) is 0.565. The van der Waals surface area contributed by atoms with Gasteiger partial charge in [0.25, 0.3) is 5.91 Å². The van der Waals surface area contributed by atoms with Crippen LogP contribution < -0.4 is 0 Å². The van der Waals surface area contributed by atoms with Gasteiger partial charge in [-0.1, -0.05) is 43.1 Å². The highest BCUT2D eigenvalue weighted by molar-refractivity contribution is 6.37. The summed E-state index contributed by atoms with van der Waals surface area (Å²) in [6, 6.07) is 5.23. The first-order valence-corrected chi connectivity index (χ1v) is 12.1. The highest BCUT2D eigenvalue weighted by Crippen LogP contribution is 2.29. The van der Waals surface area contributed by atoms with Gasteiger partial charge in [-0.05, 0) is 43.7 Å². The van der Waals surface area contributed by atoms with E-state index in [2.05, 4.69) is 17.0 Å². The van der Waals surface area contributed by atoms with E-state index < -0.39 is 0 Å². The van der Waals surface area contributed by atoms with E-state index in [9.17, 15) is 9.59 Å². The van der Waals surface area contributed by atoms with E-state index in [1.54, 1.807) is 27.8 Å². The van der Waals surface area contributed by atoms with Crippen molar-refractivity contribution in [3.05, 3.63) is 39.9 Å². The zero-order valence-corrected chi connectivity index (χ0v) is 20.1. The number of hydrogen-bond acceptors (Lipinski definition) is 4. The molecular formula is C23H29Cl2N5O2. The Bertz CT molecular complexity index is 980. The second kappa shape index (κ2) is 9.79. The molecule has 1 unspecified atom stereocenters. The van der Waals surface area contributed by atoms with Crippen molar-refractivity contribution in [2.45, 2.75) is 46.0 Å². The third kappa shape index (κ3) is 4.64. The van der Waals surface area contributed by atoms with Crippen LogP contribution in [0.2, 0.25) is 10.0 Å². The first-order valence-electron chi connectivity index (χ1n) is 11.4. The molecule has 2 aromatic rings. The maximum Gasteiger partial charge on any atom is 0.293 e. The molecule has 9 heteroatoms. The molecule has 0 N–H and O–H groups in total. The number of aromatic nitrogens is 3. The largest absolute Gasteiger partial charge is 0.342 e. The molecular weight excluding hydrogens is 449 g/mol. The van der Waals surface area contributed by atoms with Crippen LogP contribution >= 0.6 is 23.2 Å². The van der Waals surface area contributed by atoms with Crippen LogP contribution in [-0.4, -0.2) is 62.6 Å². The molecule has 3 heterocycles. The van der Waals surface area contributed by atoms with E-state index >= 15 is 0 Å². The third-order valence-corrected chi connectivity index (χ3v) is 7.04. The summed E-state index contributed by atoms with van der Waals surface area (Å²) in [6.45, 7) is 6.91. The average Bonchev–Trinajstić information content (AvgIpc) is 3.22. The number of halogens is 2. The highest BCUT2D eigenvalue weighted by atomic mass is 35.5. The van der Waals surface area contributed by atoms with Gasteiger partial charge in [-0.15, -0.1) is 5.10 Å². The summed E-state index contributed by atoms with van der Waals surface area (Å²) in [5.41, 5.74) is 0.527. The van der Waals surface area contributed by atoms with Gasteiger partial charge < -0.3 is 9.80 Å². The lowest BCUT2D eigenvalue weighted by atomic mass is 9.92. The number of hydrogen-bond donors (Lipinski definition) is 0. The van der Waals surface area contributed by atoms with Crippen LogP contribution in [-0.2, 0) is 11.2 Å². The second-order valence-electron chi connectivity index (χ2n) is 8.79. The topological polar surface area (TPSA) is 71.3 Å². The number of carbonyl (C=O) groups is 2. The molecule has 1 atom stereocenters. The minimum absolute atomic E-state index is 0.0111. The molecule has 2 fully saturated rings. The van der Waals surface area contributed by atoms with Crippen molar-refractivity contribution in [2.24, 2.45) is 11.8 Å². The Labute approximate surface area is 198 Å². The fourth-order valence-electron chi connectivity index (χ4n) is 4.65. The quantitative estimate of drug-likeness (QED) is 0.659. The number of piperidine rings is 2. The molecule has 7 nitrogen and oxygen atoms in total. The predicted molar refractivity (Wildman–Crippen MR) is 124 cm³/mol. The molecule has 4 rings (SSSR count). The molecule has 2 aliphatic rings. The SMILES string of the molecule is CCc1nc(C(=O)N2CCC(C(=O)N3CCCC(C)C3)CC2)nn1-c1c(Cl)cccc1Cl. The van der Waals surface area contributed by atoms with Crippen LogP contribution in [0.1, 0.15) is 56.0 Å². The van der Waals surface area contributed by atoms with Crippen molar-refractivity contribution in [3.63, 3.8) is 0 Å². The summed E-state index contributed by atoms with van der Waals surface area (Å²) in [7, 11) is 0. The lowest BCUT2D eigenvalue weighted by Gasteiger charge is -2.36. The van der Waals surface area contributed by atoms with Crippen molar-refractivity contribution >= 4 is 35.0 Å². The zero-order chi connectivity index (χ0) is 22.8. The second-order valence-corrected chi connectivity index (χ2v) is 9.60. The van der Waals surface area contributed by atoms with Gasteiger partial charge in [-0.25, -0.2) is 9.67 Å². The van der Waals surface area contributed by atoms with Crippen molar-refractivity contribution in [1.82, 2.24) is 24.6 Å². The van der Waals surface area contributed by atoms with Gasteiger partial charge in [0.15, 0.2) is 0 Å². The van der Waals surface area contributed by atoms with Crippen LogP contribution in [0.3, 0.4) is 0 Å². The van der Waals surface area contributed by atoms with Gasteiger partial charge in [0.2, 0.25) is 11.7 Å². The average molecular weight is 478 g/mol. The molecule has 0 saturated carbocycles. The molecule has 2 saturated heterocycles. The number of aryl methyl sites for hydroxylation is 1. The van der Waals surface area contributed by atoms with E-state index in [1.165, 1.54) is 6.42 Å². The number of nitrogens with zero attached hydrogens (tertiary/aromatic N) is 5. The van der Waals surface area contributed by atoms with Gasteiger partial charge in [0.1, 0.15) is 11.5 Å². The molecule has 1 aromatic heterocycles. The van der Waals surface area contributed by atoms with Crippen molar-refractivity contribution < 1.29 is 9.59 Å². The molecule has 0 aliphatic carbocycles. The molecule has 0 bridgehead atoms. The molecule has 172 valence electrons. The standard InChI is InChI=1S/C23H29Cl2N5O2/c1-3-19-26-21(27-30(19)20-17(24)7-4-8-18(20)25)23(32)28-12-9-16(10-13-28)22(31)29-11-5-6-15(2)14-29/h4,7-8,15-16H,3,5-6,9-14H2,1-2H3. The summed E-state index contributed by atoms with van der Waals surface area (Å²) in [5, 5.41) is 5.35. The molecule has 1 aromatic carbocycles. The Kier molecular flexibility index (Phi) is 7.05. The molecule has 32 heavy (non-hydrogen) atoms. The Morgan fingerprint density at radius 2 is 1.75 bits per heavy atom. The molecule has 2 amide bonds. The van der Waals surface area contributed by atoms with Crippen LogP contribution in [0.4, 0.5) is 0 Å². The van der Waals surface area contributed by atoms with E-state index in [0.29, 0.717) is 59.8 Å². The van der Waals surface area contributed by atoms with E-state index in [0.717, 1.165) is 19.5 Å². The smallest absolute Gasteiger partial charge is 0.293 e. The summed E-state index contributed by atoms with van der Waals surface area (Å²) in [6.07, 6.45) is 4.19. The summed E-state index contributed by atoms with van der Waals surface area (Å²) < 4.78 is 1.56. The van der Waals surface area contributed by atoms with Gasteiger partial charge in [0.05, 0.1) is 10.0 Å². The summed E-state index contributed by atoms with van der Waals surface area (Å²) in [5.74, 6) is 1.32. The maximum atomic E-state index is 13.1. The monoisotopic (exact) mass is 477 g/mol. The van der Waals surface area contributed by atoms with Crippen molar-refractivity contribution in [2.75, 3.05) is 26.2 Å². The maximum absolute atomic E-state index is 13.1. The fourth-order valence-corrected chi connectivity index (χ4v) is 5.21. The molecule has 2 aliphatic heterocycles. The first-order chi connectivity index (χ1) is 15.4. The Hall–Kier alpha value is -2.12. The van der Waals surface area contributed by atoms with Gasteiger partial charge in [-0.2, -0.15) is 0 Å². The van der Waals surface area contributed by atoms with Crippen LogP contribution in [0.25, 0.3) is 5.69 Å². The van der Waals surface area contributed by atoms with Crippen LogP contribution in [0, 0.1) is 11.8 Å². The van der Waals surface area contributed by atoms with E-state index in [1.807, 2.05) is 11.8 Å². The Balaban J connectivity index is 1.45. The number of para-hydroxylation sites is 1.